The van der Waals surface area contributed by atoms with E-state index in [0.29, 0.717) is 17.5 Å². The average molecular weight is 342 g/mol. The Hall–Kier alpha value is -2.54. The zero-order chi connectivity index (χ0) is 17.8. The molecule has 25 heavy (non-hydrogen) atoms. The number of para-hydroxylation sites is 2. The number of hydrogen-bond acceptors (Lipinski definition) is 7. The molecule has 7 heteroatoms. The number of likely N-dealkylation sites (tertiary alicyclic amines) is 1. The fourth-order valence-corrected chi connectivity index (χ4v) is 3.20. The molecule has 134 valence electrons. The van der Waals surface area contributed by atoms with Crippen LogP contribution >= 0.6 is 0 Å². The highest BCUT2D eigenvalue weighted by Gasteiger charge is 2.24. The average Bonchev–Trinajstić information content (AvgIpc) is 2.64. The number of methoxy groups -OCH3 is 1. The van der Waals surface area contributed by atoms with Gasteiger partial charge in [-0.3, -0.25) is 0 Å². The van der Waals surface area contributed by atoms with Gasteiger partial charge in [0.1, 0.15) is 17.8 Å². The smallest absolute Gasteiger partial charge is 0.159 e. The van der Waals surface area contributed by atoms with Gasteiger partial charge in [0.05, 0.1) is 12.8 Å². The summed E-state index contributed by atoms with van der Waals surface area (Å²) >= 11 is 0. The molecule has 0 aliphatic carbocycles. The summed E-state index contributed by atoms with van der Waals surface area (Å²) in [6.07, 6.45) is 3.76. The lowest BCUT2D eigenvalue weighted by Gasteiger charge is -2.36. The molecule has 1 aliphatic rings. The molecule has 0 amide bonds. The number of ether oxygens (including phenoxy) is 1. The van der Waals surface area contributed by atoms with Crippen LogP contribution in [0.25, 0.3) is 0 Å². The van der Waals surface area contributed by atoms with Crippen molar-refractivity contribution in [2.75, 3.05) is 50.2 Å². The second-order valence-electron chi connectivity index (χ2n) is 6.43. The third-order valence-corrected chi connectivity index (χ3v) is 4.79. The molecule has 7 nitrogen and oxygen atoms in total. The first-order chi connectivity index (χ1) is 12.1. The summed E-state index contributed by atoms with van der Waals surface area (Å²) < 4.78 is 5.38. The number of nitrogens with one attached hydrogen (secondary N) is 1. The number of aromatic nitrogens is 2. The highest BCUT2D eigenvalue weighted by Crippen LogP contribution is 2.33. The van der Waals surface area contributed by atoms with Gasteiger partial charge in [-0.05, 0) is 45.1 Å². The van der Waals surface area contributed by atoms with Crippen molar-refractivity contribution in [3.8, 4) is 5.75 Å². The van der Waals surface area contributed by atoms with E-state index in [1.54, 1.807) is 13.4 Å². The van der Waals surface area contributed by atoms with Gasteiger partial charge in [0.25, 0.3) is 0 Å². The van der Waals surface area contributed by atoms with Crippen LogP contribution in [0.2, 0.25) is 0 Å². The Labute approximate surface area is 148 Å². The third kappa shape index (κ3) is 3.76. The number of anilines is 4. The normalized spacial score (nSPS) is 15.8. The van der Waals surface area contributed by atoms with Crippen molar-refractivity contribution in [3.63, 3.8) is 0 Å². The van der Waals surface area contributed by atoms with E-state index in [2.05, 4.69) is 39.2 Å². The summed E-state index contributed by atoms with van der Waals surface area (Å²) in [6.45, 7) is 2.18. The maximum atomic E-state index is 6.38. The first-order valence-electron chi connectivity index (χ1n) is 8.52. The SMILES string of the molecule is COc1ccccc1Nc1ncnc(N(C)C2CCN(C)CC2)c1N. The Kier molecular flexibility index (Phi) is 5.23. The molecule has 2 heterocycles. The number of hydrogen-bond donors (Lipinski definition) is 2. The molecule has 1 aliphatic heterocycles. The van der Waals surface area contributed by atoms with Crippen molar-refractivity contribution >= 4 is 23.0 Å². The molecule has 3 N–H and O–H groups in total. The van der Waals surface area contributed by atoms with Gasteiger partial charge in [-0.25, -0.2) is 9.97 Å². The minimum absolute atomic E-state index is 0.438. The molecule has 1 fully saturated rings. The highest BCUT2D eigenvalue weighted by atomic mass is 16.5. The number of nitrogens with two attached hydrogens (primary N) is 1. The van der Waals surface area contributed by atoms with Gasteiger partial charge in [-0.15, -0.1) is 0 Å². The van der Waals surface area contributed by atoms with Crippen molar-refractivity contribution in [2.24, 2.45) is 0 Å². The van der Waals surface area contributed by atoms with Crippen molar-refractivity contribution < 1.29 is 4.74 Å². The van der Waals surface area contributed by atoms with Gasteiger partial charge in [0, 0.05) is 13.1 Å². The predicted molar refractivity (Wildman–Crippen MR) is 102 cm³/mol. The van der Waals surface area contributed by atoms with Gasteiger partial charge >= 0.3 is 0 Å². The summed E-state index contributed by atoms with van der Waals surface area (Å²) in [5.74, 6) is 2.10. The van der Waals surface area contributed by atoms with Crippen LogP contribution in [0.3, 0.4) is 0 Å². The first kappa shape index (κ1) is 17.3. The van der Waals surface area contributed by atoms with Crippen LogP contribution in [0.15, 0.2) is 30.6 Å². The summed E-state index contributed by atoms with van der Waals surface area (Å²) in [7, 11) is 5.86. The lowest BCUT2D eigenvalue weighted by Crippen LogP contribution is -2.42. The zero-order valence-electron chi connectivity index (χ0n) is 15.1. The van der Waals surface area contributed by atoms with Crippen molar-refractivity contribution in [1.82, 2.24) is 14.9 Å². The van der Waals surface area contributed by atoms with Gasteiger partial charge in [0.2, 0.25) is 0 Å². The van der Waals surface area contributed by atoms with E-state index in [1.807, 2.05) is 24.3 Å². The lowest BCUT2D eigenvalue weighted by atomic mass is 10.0. The molecule has 1 aromatic carbocycles. The Morgan fingerprint density at radius 2 is 1.96 bits per heavy atom. The van der Waals surface area contributed by atoms with E-state index in [1.165, 1.54) is 0 Å². The van der Waals surface area contributed by atoms with Gasteiger partial charge in [0.15, 0.2) is 11.6 Å². The van der Waals surface area contributed by atoms with E-state index in [9.17, 15) is 0 Å². The van der Waals surface area contributed by atoms with Crippen LogP contribution in [0.4, 0.5) is 23.0 Å². The predicted octanol–water partition coefficient (Wildman–Crippen LogP) is 2.34. The number of rotatable bonds is 5. The van der Waals surface area contributed by atoms with Crippen LogP contribution in [0.1, 0.15) is 12.8 Å². The second-order valence-corrected chi connectivity index (χ2v) is 6.43. The number of nitrogen functional groups attached to an aromatic ring is 1. The molecule has 2 aromatic rings. The van der Waals surface area contributed by atoms with Crippen LogP contribution in [-0.2, 0) is 0 Å². The van der Waals surface area contributed by atoms with Crippen LogP contribution in [0.5, 0.6) is 5.75 Å². The largest absolute Gasteiger partial charge is 0.495 e. The van der Waals surface area contributed by atoms with Gasteiger partial charge in [-0.1, -0.05) is 12.1 Å². The molecular formula is C18H26N6O. The van der Waals surface area contributed by atoms with E-state index in [4.69, 9.17) is 10.5 Å². The first-order valence-corrected chi connectivity index (χ1v) is 8.52. The zero-order valence-corrected chi connectivity index (χ0v) is 15.1. The summed E-state index contributed by atoms with van der Waals surface area (Å²) in [6, 6.07) is 8.12. The Bertz CT molecular complexity index is 714. The van der Waals surface area contributed by atoms with E-state index < -0.39 is 0 Å². The molecule has 0 unspecified atom stereocenters. The van der Waals surface area contributed by atoms with Crippen molar-refractivity contribution in [3.05, 3.63) is 30.6 Å². The minimum atomic E-state index is 0.438. The topological polar surface area (TPSA) is 79.5 Å². The fraction of sp³-hybridized carbons (Fsp3) is 0.444. The molecule has 0 saturated carbocycles. The van der Waals surface area contributed by atoms with E-state index in [0.717, 1.165) is 43.2 Å². The van der Waals surface area contributed by atoms with Crippen LogP contribution in [0, 0.1) is 0 Å². The molecular weight excluding hydrogens is 316 g/mol. The number of benzene rings is 1. The highest BCUT2D eigenvalue weighted by molar-refractivity contribution is 5.79. The molecule has 0 radical (unpaired) electrons. The Balaban J connectivity index is 1.82. The fourth-order valence-electron chi connectivity index (χ4n) is 3.20. The van der Waals surface area contributed by atoms with E-state index >= 15 is 0 Å². The Morgan fingerprint density at radius 1 is 1.24 bits per heavy atom. The van der Waals surface area contributed by atoms with Crippen LogP contribution < -0.4 is 20.7 Å². The quantitative estimate of drug-likeness (QED) is 0.863. The van der Waals surface area contributed by atoms with Gasteiger partial charge < -0.3 is 25.6 Å². The van der Waals surface area contributed by atoms with Gasteiger partial charge in [-0.2, -0.15) is 0 Å². The molecule has 0 spiro atoms. The molecule has 0 bridgehead atoms. The van der Waals surface area contributed by atoms with Crippen molar-refractivity contribution in [2.45, 2.75) is 18.9 Å². The maximum Gasteiger partial charge on any atom is 0.159 e. The lowest BCUT2D eigenvalue weighted by molar-refractivity contribution is 0.252. The summed E-state index contributed by atoms with van der Waals surface area (Å²) in [5, 5.41) is 3.26. The second kappa shape index (κ2) is 7.57. The monoisotopic (exact) mass is 342 g/mol. The molecule has 3 rings (SSSR count). The molecule has 0 atom stereocenters. The minimum Gasteiger partial charge on any atom is -0.495 e. The molecule has 1 aromatic heterocycles. The maximum absolute atomic E-state index is 6.38. The third-order valence-electron chi connectivity index (χ3n) is 4.79. The molecule has 1 saturated heterocycles. The van der Waals surface area contributed by atoms with Crippen LogP contribution in [-0.4, -0.2) is 55.2 Å². The summed E-state index contributed by atoms with van der Waals surface area (Å²) in [4.78, 5) is 13.3. The standard InChI is InChI=1S/C18H26N6O/c1-23-10-8-13(9-11-23)24(2)18-16(19)17(20-12-21-18)22-14-6-4-5-7-15(14)25-3/h4-7,12-13H,8-11,19H2,1-3H3,(H,20,21,22). The number of nitrogens with zero attached hydrogens (tertiary/aromatic N) is 4. The summed E-state index contributed by atoms with van der Waals surface area (Å²) in [5.41, 5.74) is 7.75. The Morgan fingerprint density at radius 3 is 2.68 bits per heavy atom. The number of piperidine rings is 1. The van der Waals surface area contributed by atoms with E-state index in [-0.39, 0.29) is 0 Å². The van der Waals surface area contributed by atoms with Crippen molar-refractivity contribution in [1.29, 1.82) is 0 Å².